The van der Waals surface area contributed by atoms with Crippen molar-refractivity contribution >= 4 is 17.7 Å². The molecule has 1 amide bonds. The Morgan fingerprint density at radius 2 is 2.13 bits per heavy atom. The molecule has 1 aromatic rings. The molecule has 1 unspecified atom stereocenters. The van der Waals surface area contributed by atoms with Gasteiger partial charge in [-0.1, -0.05) is 17.7 Å². The summed E-state index contributed by atoms with van der Waals surface area (Å²) in [6.07, 6.45) is 1.09. The van der Waals surface area contributed by atoms with Crippen molar-refractivity contribution in [3.63, 3.8) is 0 Å². The summed E-state index contributed by atoms with van der Waals surface area (Å²) in [7, 11) is 0. The van der Waals surface area contributed by atoms with E-state index in [2.05, 4.69) is 9.80 Å². The quantitative estimate of drug-likeness (QED) is 0.849. The summed E-state index contributed by atoms with van der Waals surface area (Å²) in [6, 6.07) is 8.27. The summed E-state index contributed by atoms with van der Waals surface area (Å²) < 4.78 is 5.44. The molecule has 2 heterocycles. The third-order valence-electron chi connectivity index (χ3n) is 4.54. The molecule has 3 rings (SSSR count). The lowest BCUT2D eigenvalue weighted by molar-refractivity contribution is 0.0245. The maximum atomic E-state index is 13.0. The molecule has 1 aromatic carbocycles. The molecule has 126 valence electrons. The molecule has 0 radical (unpaired) electrons. The molecule has 2 saturated heterocycles. The third kappa shape index (κ3) is 4.49. The highest BCUT2D eigenvalue weighted by molar-refractivity contribution is 7.99. The minimum absolute atomic E-state index is 0.189. The molecule has 0 saturated carbocycles. The fourth-order valence-electron chi connectivity index (χ4n) is 3.27. The first-order valence-corrected chi connectivity index (χ1v) is 9.65. The highest BCUT2D eigenvalue weighted by atomic mass is 32.2. The second-order valence-electron chi connectivity index (χ2n) is 6.36. The molecule has 0 bridgehead atoms. The van der Waals surface area contributed by atoms with Gasteiger partial charge in [0.2, 0.25) is 0 Å². The number of aryl methyl sites for hydroxylation is 1. The van der Waals surface area contributed by atoms with Crippen LogP contribution in [0.2, 0.25) is 0 Å². The average molecular weight is 334 g/mol. The Balaban J connectivity index is 1.73. The lowest BCUT2D eigenvalue weighted by Gasteiger charge is -2.35. The standard InChI is InChI=1S/C18H26N2O2S/c1-15-4-2-5-16(12-15)18(21)20-6-3-11-23-14-17(20)13-19-7-9-22-10-8-19/h2,4-5,12,17H,3,6-11,13-14H2,1H3. The van der Waals surface area contributed by atoms with Gasteiger partial charge < -0.3 is 9.64 Å². The molecule has 1 atom stereocenters. The van der Waals surface area contributed by atoms with Crippen molar-refractivity contribution in [2.24, 2.45) is 0 Å². The monoisotopic (exact) mass is 334 g/mol. The van der Waals surface area contributed by atoms with E-state index in [1.165, 1.54) is 0 Å². The zero-order valence-corrected chi connectivity index (χ0v) is 14.7. The summed E-state index contributed by atoms with van der Waals surface area (Å²) in [5.41, 5.74) is 1.97. The summed E-state index contributed by atoms with van der Waals surface area (Å²) in [6.45, 7) is 7.46. The number of carbonyl (C=O) groups is 1. The van der Waals surface area contributed by atoms with Crippen molar-refractivity contribution < 1.29 is 9.53 Å². The molecule has 2 fully saturated rings. The maximum Gasteiger partial charge on any atom is 0.254 e. The van der Waals surface area contributed by atoms with E-state index in [-0.39, 0.29) is 5.91 Å². The molecule has 0 N–H and O–H groups in total. The largest absolute Gasteiger partial charge is 0.379 e. The fraction of sp³-hybridized carbons (Fsp3) is 0.611. The molecule has 0 aromatic heterocycles. The molecule has 23 heavy (non-hydrogen) atoms. The van der Waals surface area contributed by atoms with Crippen LogP contribution in [0, 0.1) is 6.92 Å². The maximum absolute atomic E-state index is 13.0. The highest BCUT2D eigenvalue weighted by Gasteiger charge is 2.28. The summed E-state index contributed by atoms with van der Waals surface area (Å²) >= 11 is 1.98. The number of benzene rings is 1. The minimum Gasteiger partial charge on any atom is -0.379 e. The lowest BCUT2D eigenvalue weighted by atomic mass is 10.1. The zero-order valence-electron chi connectivity index (χ0n) is 13.9. The lowest BCUT2D eigenvalue weighted by Crippen LogP contribution is -2.50. The number of rotatable bonds is 3. The van der Waals surface area contributed by atoms with Crippen LogP contribution in [-0.2, 0) is 4.74 Å². The number of carbonyl (C=O) groups excluding carboxylic acids is 1. The zero-order chi connectivity index (χ0) is 16.1. The predicted molar refractivity (Wildman–Crippen MR) is 95.2 cm³/mol. The Labute approximate surface area is 143 Å². The SMILES string of the molecule is Cc1cccc(C(=O)N2CCCSCC2CN2CCOCC2)c1. The smallest absolute Gasteiger partial charge is 0.254 e. The van der Waals surface area contributed by atoms with Crippen molar-refractivity contribution in [3.05, 3.63) is 35.4 Å². The first-order valence-electron chi connectivity index (χ1n) is 8.49. The van der Waals surface area contributed by atoms with Crippen molar-refractivity contribution in [1.29, 1.82) is 0 Å². The summed E-state index contributed by atoms with van der Waals surface area (Å²) in [5.74, 6) is 2.38. The van der Waals surface area contributed by atoms with Gasteiger partial charge in [0.05, 0.1) is 19.3 Å². The number of morpholine rings is 1. The van der Waals surface area contributed by atoms with E-state index in [9.17, 15) is 4.79 Å². The normalized spacial score (nSPS) is 23.5. The van der Waals surface area contributed by atoms with Gasteiger partial charge in [0.15, 0.2) is 0 Å². The molecule has 5 heteroatoms. The van der Waals surface area contributed by atoms with Crippen LogP contribution < -0.4 is 0 Å². The number of thioether (sulfide) groups is 1. The summed E-state index contributed by atoms with van der Waals surface area (Å²) in [5, 5.41) is 0. The first kappa shape index (κ1) is 16.8. The fourth-order valence-corrected chi connectivity index (χ4v) is 4.33. The van der Waals surface area contributed by atoms with Gasteiger partial charge in [0.1, 0.15) is 0 Å². The second kappa shape index (κ2) is 8.18. The highest BCUT2D eigenvalue weighted by Crippen LogP contribution is 2.20. The van der Waals surface area contributed by atoms with Gasteiger partial charge in [0.25, 0.3) is 5.91 Å². The Kier molecular flexibility index (Phi) is 5.97. The first-order chi connectivity index (χ1) is 11.2. The van der Waals surface area contributed by atoms with Crippen LogP contribution in [0.5, 0.6) is 0 Å². The van der Waals surface area contributed by atoms with Crippen molar-refractivity contribution in [2.75, 3.05) is 50.9 Å². The number of hydrogen-bond acceptors (Lipinski definition) is 4. The Morgan fingerprint density at radius 1 is 1.30 bits per heavy atom. The van der Waals surface area contributed by atoms with E-state index in [0.717, 1.165) is 68.4 Å². The Hall–Kier alpha value is -1.04. The van der Waals surface area contributed by atoms with E-state index in [1.54, 1.807) is 0 Å². The van der Waals surface area contributed by atoms with E-state index in [0.29, 0.717) is 6.04 Å². The van der Waals surface area contributed by atoms with E-state index in [4.69, 9.17) is 4.74 Å². The molecule has 0 spiro atoms. The Bertz CT molecular complexity index is 532. The Morgan fingerprint density at radius 3 is 2.91 bits per heavy atom. The van der Waals surface area contributed by atoms with Gasteiger partial charge in [-0.25, -0.2) is 0 Å². The molecule has 0 aliphatic carbocycles. The van der Waals surface area contributed by atoms with Gasteiger partial charge in [-0.15, -0.1) is 0 Å². The predicted octanol–water partition coefficient (Wildman–Crippen LogP) is 2.27. The van der Waals surface area contributed by atoms with Gasteiger partial charge in [-0.3, -0.25) is 9.69 Å². The van der Waals surface area contributed by atoms with Crippen LogP contribution in [0.1, 0.15) is 22.3 Å². The number of ether oxygens (including phenoxy) is 1. The van der Waals surface area contributed by atoms with Crippen LogP contribution in [0.15, 0.2) is 24.3 Å². The third-order valence-corrected chi connectivity index (χ3v) is 5.74. The van der Waals surface area contributed by atoms with Crippen molar-refractivity contribution in [1.82, 2.24) is 9.80 Å². The summed E-state index contributed by atoms with van der Waals surface area (Å²) in [4.78, 5) is 17.6. The van der Waals surface area contributed by atoms with Crippen LogP contribution in [0.4, 0.5) is 0 Å². The van der Waals surface area contributed by atoms with E-state index >= 15 is 0 Å². The average Bonchev–Trinajstić information content (AvgIpc) is 2.81. The number of nitrogens with zero attached hydrogens (tertiary/aromatic N) is 2. The van der Waals surface area contributed by atoms with E-state index < -0.39 is 0 Å². The minimum atomic E-state index is 0.189. The molecule has 2 aliphatic heterocycles. The number of hydrogen-bond donors (Lipinski definition) is 0. The van der Waals surface area contributed by atoms with Crippen LogP contribution >= 0.6 is 11.8 Å². The van der Waals surface area contributed by atoms with Gasteiger partial charge in [-0.2, -0.15) is 11.8 Å². The van der Waals surface area contributed by atoms with Crippen molar-refractivity contribution in [3.8, 4) is 0 Å². The van der Waals surface area contributed by atoms with Crippen molar-refractivity contribution in [2.45, 2.75) is 19.4 Å². The van der Waals surface area contributed by atoms with Crippen LogP contribution in [-0.4, -0.2) is 72.6 Å². The van der Waals surface area contributed by atoms with E-state index in [1.807, 2.05) is 43.0 Å². The molecule has 2 aliphatic rings. The van der Waals surface area contributed by atoms with Crippen LogP contribution in [0.25, 0.3) is 0 Å². The second-order valence-corrected chi connectivity index (χ2v) is 7.51. The van der Waals surface area contributed by atoms with Gasteiger partial charge >= 0.3 is 0 Å². The molecule has 4 nitrogen and oxygen atoms in total. The van der Waals surface area contributed by atoms with Gasteiger partial charge in [0, 0.05) is 37.5 Å². The molecular weight excluding hydrogens is 308 g/mol. The van der Waals surface area contributed by atoms with Crippen LogP contribution in [0.3, 0.4) is 0 Å². The number of amides is 1. The topological polar surface area (TPSA) is 32.8 Å². The molecular formula is C18H26N2O2S. The van der Waals surface area contributed by atoms with Gasteiger partial charge in [-0.05, 0) is 31.2 Å².